The van der Waals surface area contributed by atoms with Crippen molar-refractivity contribution in [3.63, 3.8) is 0 Å². The minimum absolute atomic E-state index is 0.0179. The van der Waals surface area contributed by atoms with E-state index >= 15 is 0 Å². The lowest BCUT2D eigenvalue weighted by molar-refractivity contribution is 1.34. The average molecular weight is 371 g/mol. The van der Waals surface area contributed by atoms with Gasteiger partial charge in [-0.2, -0.15) is 0 Å². The molecule has 2 heterocycles. The number of H-pyrrole nitrogens is 1. The van der Waals surface area contributed by atoms with Crippen LogP contribution in [0.1, 0.15) is 5.56 Å². The summed E-state index contributed by atoms with van der Waals surface area (Å²) >= 11 is 6.27. The minimum atomic E-state index is -0.0179. The van der Waals surface area contributed by atoms with Crippen molar-refractivity contribution >= 4 is 44.4 Å². The lowest BCUT2D eigenvalue weighted by Gasteiger charge is -2.13. The third-order valence-corrected chi connectivity index (χ3v) is 5.23. The van der Waals surface area contributed by atoms with E-state index < -0.39 is 0 Å². The van der Waals surface area contributed by atoms with E-state index in [-0.39, 0.29) is 5.43 Å². The molecule has 0 fully saturated rings. The molecule has 0 radical (unpaired) electrons. The van der Waals surface area contributed by atoms with Crippen LogP contribution in [0.5, 0.6) is 0 Å². The van der Waals surface area contributed by atoms with Gasteiger partial charge in [-0.25, -0.2) is 4.98 Å². The molecule has 0 saturated heterocycles. The van der Waals surface area contributed by atoms with Crippen LogP contribution < -0.4 is 5.43 Å². The number of hydrogen-bond acceptors (Lipinski definition) is 2. The van der Waals surface area contributed by atoms with Crippen molar-refractivity contribution in [3.05, 3.63) is 87.5 Å². The zero-order chi connectivity index (χ0) is 18.5. The van der Waals surface area contributed by atoms with Crippen LogP contribution in [-0.2, 0) is 0 Å². The molecule has 27 heavy (non-hydrogen) atoms. The number of benzene rings is 3. The van der Waals surface area contributed by atoms with E-state index in [1.807, 2.05) is 73.7 Å². The van der Waals surface area contributed by atoms with E-state index in [0.717, 1.165) is 33.1 Å². The fourth-order valence-corrected chi connectivity index (χ4v) is 3.90. The summed E-state index contributed by atoms with van der Waals surface area (Å²) in [6.07, 6.45) is 0. The van der Waals surface area contributed by atoms with Gasteiger partial charge in [0, 0.05) is 21.4 Å². The molecule has 0 saturated carbocycles. The highest BCUT2D eigenvalue weighted by molar-refractivity contribution is 6.31. The average Bonchev–Trinajstić information content (AvgIpc) is 2.68. The number of aryl methyl sites for hydroxylation is 1. The van der Waals surface area contributed by atoms with Crippen molar-refractivity contribution in [3.8, 4) is 11.1 Å². The molecule has 0 atom stereocenters. The third kappa shape index (κ3) is 2.43. The van der Waals surface area contributed by atoms with Crippen LogP contribution in [0.2, 0.25) is 5.02 Å². The highest BCUT2D eigenvalue weighted by Crippen LogP contribution is 2.34. The molecule has 0 spiro atoms. The summed E-state index contributed by atoms with van der Waals surface area (Å²) in [6, 6.07) is 21.3. The van der Waals surface area contributed by atoms with Gasteiger partial charge in [0.15, 0.2) is 5.43 Å². The van der Waals surface area contributed by atoms with E-state index in [9.17, 15) is 4.79 Å². The van der Waals surface area contributed by atoms with Crippen LogP contribution in [0.25, 0.3) is 44.0 Å². The quantitative estimate of drug-likeness (QED) is 0.376. The molecule has 2 aromatic heterocycles. The first kappa shape index (κ1) is 16.0. The molecular weight excluding hydrogens is 356 g/mol. The Morgan fingerprint density at radius 2 is 1.74 bits per heavy atom. The maximum Gasteiger partial charge on any atom is 0.199 e. The van der Waals surface area contributed by atoms with Gasteiger partial charge in [0.2, 0.25) is 0 Å². The summed E-state index contributed by atoms with van der Waals surface area (Å²) in [7, 11) is 0. The maximum absolute atomic E-state index is 13.5. The fourth-order valence-electron chi connectivity index (χ4n) is 3.73. The highest BCUT2D eigenvalue weighted by atomic mass is 35.5. The Morgan fingerprint density at radius 3 is 2.56 bits per heavy atom. The molecule has 5 rings (SSSR count). The smallest absolute Gasteiger partial charge is 0.199 e. The second-order valence-electron chi connectivity index (χ2n) is 6.69. The number of aromatic amines is 1. The zero-order valence-electron chi connectivity index (χ0n) is 14.6. The van der Waals surface area contributed by atoms with Crippen LogP contribution in [0, 0.1) is 6.92 Å². The standard InChI is InChI=1S/C23H15ClN2O/c1-13-6-5-9-16-21(13)26-23-20(22(16)27)19(14-7-3-2-4-8-14)17-12-15(24)10-11-18(17)25-23/h2-12H,1H3,(H,25,26,27). The Kier molecular flexibility index (Phi) is 3.52. The largest absolute Gasteiger partial charge is 0.339 e. The molecule has 0 aliphatic carbocycles. The van der Waals surface area contributed by atoms with Gasteiger partial charge in [-0.1, -0.05) is 54.1 Å². The number of hydrogen-bond donors (Lipinski definition) is 1. The number of aromatic nitrogens is 2. The van der Waals surface area contributed by atoms with Gasteiger partial charge in [-0.3, -0.25) is 4.79 Å². The molecule has 0 amide bonds. The molecule has 0 aliphatic heterocycles. The Morgan fingerprint density at radius 1 is 0.926 bits per heavy atom. The molecule has 0 bridgehead atoms. The number of pyridine rings is 2. The summed E-state index contributed by atoms with van der Waals surface area (Å²) in [6.45, 7) is 1.99. The number of halogens is 1. The molecule has 3 aromatic carbocycles. The predicted molar refractivity (Wildman–Crippen MR) is 113 cm³/mol. The molecule has 3 nitrogen and oxygen atoms in total. The lowest BCUT2D eigenvalue weighted by Crippen LogP contribution is -2.08. The Hall–Kier alpha value is -3.17. The van der Waals surface area contributed by atoms with Crippen molar-refractivity contribution in [2.24, 2.45) is 0 Å². The van der Waals surface area contributed by atoms with Crippen LogP contribution >= 0.6 is 11.6 Å². The fraction of sp³-hybridized carbons (Fsp3) is 0.0435. The normalized spacial score (nSPS) is 11.5. The zero-order valence-corrected chi connectivity index (χ0v) is 15.3. The number of nitrogens with one attached hydrogen (secondary N) is 1. The number of nitrogens with zero attached hydrogens (tertiary/aromatic N) is 1. The first-order valence-electron chi connectivity index (χ1n) is 8.73. The summed E-state index contributed by atoms with van der Waals surface area (Å²) in [5.41, 5.74) is 5.05. The number of para-hydroxylation sites is 1. The molecule has 0 aliphatic rings. The van der Waals surface area contributed by atoms with E-state index in [1.165, 1.54) is 0 Å². The van der Waals surface area contributed by atoms with Gasteiger partial charge >= 0.3 is 0 Å². The van der Waals surface area contributed by atoms with Crippen LogP contribution in [-0.4, -0.2) is 9.97 Å². The lowest BCUT2D eigenvalue weighted by atomic mass is 9.96. The minimum Gasteiger partial charge on any atom is -0.339 e. The van der Waals surface area contributed by atoms with Crippen molar-refractivity contribution in [2.75, 3.05) is 0 Å². The van der Waals surface area contributed by atoms with Gasteiger partial charge in [-0.15, -0.1) is 0 Å². The van der Waals surface area contributed by atoms with Crippen molar-refractivity contribution in [1.82, 2.24) is 9.97 Å². The molecule has 0 unspecified atom stereocenters. The van der Waals surface area contributed by atoms with Crippen LogP contribution in [0.4, 0.5) is 0 Å². The monoisotopic (exact) mass is 370 g/mol. The van der Waals surface area contributed by atoms with E-state index in [4.69, 9.17) is 16.6 Å². The van der Waals surface area contributed by atoms with E-state index in [1.54, 1.807) is 0 Å². The molecule has 1 N–H and O–H groups in total. The second kappa shape index (κ2) is 5.93. The third-order valence-electron chi connectivity index (χ3n) is 5.00. The SMILES string of the molecule is Cc1cccc2c(=O)c3c(-c4ccccc4)c4cc(Cl)ccc4nc3[nH]c12. The summed E-state index contributed by atoms with van der Waals surface area (Å²) in [5.74, 6) is 0. The van der Waals surface area contributed by atoms with Crippen LogP contribution in [0.3, 0.4) is 0 Å². The molecular formula is C23H15ClN2O. The van der Waals surface area contributed by atoms with Gasteiger partial charge in [0.05, 0.1) is 16.4 Å². The summed E-state index contributed by atoms with van der Waals surface area (Å²) in [5, 5.41) is 2.75. The van der Waals surface area contributed by atoms with Crippen molar-refractivity contribution < 1.29 is 0 Å². The topological polar surface area (TPSA) is 45.8 Å². The van der Waals surface area contributed by atoms with E-state index in [0.29, 0.717) is 21.4 Å². The Balaban J connectivity index is 2.10. The van der Waals surface area contributed by atoms with Crippen molar-refractivity contribution in [2.45, 2.75) is 6.92 Å². The second-order valence-corrected chi connectivity index (χ2v) is 7.13. The Labute approximate surface area is 160 Å². The predicted octanol–water partition coefficient (Wildman–Crippen LogP) is 5.86. The van der Waals surface area contributed by atoms with Gasteiger partial charge in [-0.05, 0) is 42.3 Å². The van der Waals surface area contributed by atoms with Gasteiger partial charge in [0.1, 0.15) is 5.65 Å². The molecule has 130 valence electrons. The number of rotatable bonds is 1. The van der Waals surface area contributed by atoms with Gasteiger partial charge < -0.3 is 4.98 Å². The summed E-state index contributed by atoms with van der Waals surface area (Å²) < 4.78 is 0. The van der Waals surface area contributed by atoms with E-state index in [2.05, 4.69) is 4.98 Å². The molecule has 4 heteroatoms. The Bertz CT molecular complexity index is 1410. The number of fused-ring (bicyclic) bond motifs is 3. The maximum atomic E-state index is 13.5. The van der Waals surface area contributed by atoms with Gasteiger partial charge in [0.25, 0.3) is 0 Å². The van der Waals surface area contributed by atoms with Crippen molar-refractivity contribution in [1.29, 1.82) is 0 Å². The van der Waals surface area contributed by atoms with Crippen LogP contribution in [0.15, 0.2) is 71.5 Å². The highest BCUT2D eigenvalue weighted by Gasteiger charge is 2.17. The first-order valence-corrected chi connectivity index (χ1v) is 9.11. The first-order chi connectivity index (χ1) is 13.1. The molecule has 5 aromatic rings. The summed E-state index contributed by atoms with van der Waals surface area (Å²) in [4.78, 5) is 21.6.